The molecule has 1 amide bonds. The zero-order chi connectivity index (χ0) is 15.5. The molecule has 0 radical (unpaired) electrons. The van der Waals surface area contributed by atoms with Crippen molar-refractivity contribution in [2.24, 2.45) is 0 Å². The maximum Gasteiger partial charge on any atom is 0.335 e. The fourth-order valence-corrected chi connectivity index (χ4v) is 2.56. The van der Waals surface area contributed by atoms with Crippen molar-refractivity contribution in [3.05, 3.63) is 59.2 Å². The Morgan fingerprint density at radius 1 is 1.32 bits per heavy atom. The van der Waals surface area contributed by atoms with E-state index in [1.807, 2.05) is 0 Å². The number of carbonyl (C=O) groups excluding carboxylic acids is 1. The van der Waals surface area contributed by atoms with E-state index < -0.39 is 5.97 Å². The monoisotopic (exact) mass is 297 g/mol. The summed E-state index contributed by atoms with van der Waals surface area (Å²) >= 11 is 0. The van der Waals surface area contributed by atoms with E-state index in [2.05, 4.69) is 9.97 Å². The number of carbonyl (C=O) groups is 2. The van der Waals surface area contributed by atoms with Gasteiger partial charge in [-0.3, -0.25) is 4.79 Å². The van der Waals surface area contributed by atoms with Crippen molar-refractivity contribution in [1.82, 2.24) is 14.9 Å². The average Bonchev–Trinajstić information content (AvgIpc) is 2.54. The Hall–Kier alpha value is -2.76. The molecule has 6 heteroatoms. The molecule has 0 fully saturated rings. The van der Waals surface area contributed by atoms with Crippen molar-refractivity contribution >= 4 is 11.9 Å². The van der Waals surface area contributed by atoms with E-state index >= 15 is 0 Å². The third kappa shape index (κ3) is 2.95. The van der Waals surface area contributed by atoms with Crippen LogP contribution in [0.3, 0.4) is 0 Å². The number of benzene rings is 1. The lowest BCUT2D eigenvalue weighted by Gasteiger charge is -2.27. The Labute approximate surface area is 127 Å². The fraction of sp³-hybridized carbons (Fsp3) is 0.250. The molecule has 2 heterocycles. The molecule has 112 valence electrons. The van der Waals surface area contributed by atoms with E-state index in [9.17, 15) is 9.59 Å². The molecule has 2 aromatic rings. The quantitative estimate of drug-likeness (QED) is 0.923. The van der Waals surface area contributed by atoms with Gasteiger partial charge in [-0.2, -0.15) is 0 Å². The van der Waals surface area contributed by atoms with Gasteiger partial charge in [-0.1, -0.05) is 12.1 Å². The summed E-state index contributed by atoms with van der Waals surface area (Å²) in [5, 5.41) is 8.99. The first-order chi connectivity index (χ1) is 10.6. The molecule has 1 aliphatic rings. The van der Waals surface area contributed by atoms with Gasteiger partial charge in [-0.15, -0.1) is 0 Å². The van der Waals surface area contributed by atoms with Gasteiger partial charge >= 0.3 is 5.97 Å². The standard InChI is InChI=1S/C16H15N3O3/c20-15(7-11-2-1-3-12(6-11)16(21)22)19-5-4-13-8-17-10-18-14(13)9-19/h1-3,6,8,10H,4-5,7,9H2,(H,21,22). The molecule has 0 spiro atoms. The predicted octanol–water partition coefficient (Wildman–Crippen LogP) is 1.30. The zero-order valence-electron chi connectivity index (χ0n) is 11.9. The highest BCUT2D eigenvalue weighted by molar-refractivity contribution is 5.88. The Balaban J connectivity index is 1.71. The first kappa shape index (κ1) is 14.2. The lowest BCUT2D eigenvalue weighted by atomic mass is 10.0. The summed E-state index contributed by atoms with van der Waals surface area (Å²) in [5.74, 6) is -1.01. The summed E-state index contributed by atoms with van der Waals surface area (Å²) in [6, 6.07) is 6.49. The third-order valence-corrected chi connectivity index (χ3v) is 3.75. The summed E-state index contributed by atoms with van der Waals surface area (Å²) < 4.78 is 0. The Bertz CT molecular complexity index is 730. The van der Waals surface area contributed by atoms with Crippen LogP contribution in [0.2, 0.25) is 0 Å². The van der Waals surface area contributed by atoms with Crippen molar-refractivity contribution in [2.75, 3.05) is 6.54 Å². The zero-order valence-corrected chi connectivity index (χ0v) is 11.9. The van der Waals surface area contributed by atoms with Gasteiger partial charge in [0.2, 0.25) is 5.91 Å². The van der Waals surface area contributed by atoms with Crippen molar-refractivity contribution in [2.45, 2.75) is 19.4 Å². The van der Waals surface area contributed by atoms with Crippen LogP contribution in [0.25, 0.3) is 0 Å². The molecule has 22 heavy (non-hydrogen) atoms. The van der Waals surface area contributed by atoms with Gasteiger partial charge in [0.25, 0.3) is 0 Å². The molecule has 1 aliphatic heterocycles. The minimum atomic E-state index is -0.988. The SMILES string of the molecule is O=C(O)c1cccc(CC(=O)N2CCc3cncnc3C2)c1. The van der Waals surface area contributed by atoms with Gasteiger partial charge in [0, 0.05) is 12.7 Å². The fourth-order valence-electron chi connectivity index (χ4n) is 2.56. The molecular formula is C16H15N3O3. The van der Waals surface area contributed by atoms with E-state index in [0.29, 0.717) is 18.7 Å². The molecule has 1 aromatic carbocycles. The van der Waals surface area contributed by atoms with E-state index in [1.165, 1.54) is 12.4 Å². The Morgan fingerprint density at radius 3 is 3.00 bits per heavy atom. The number of rotatable bonds is 3. The number of hydrogen-bond acceptors (Lipinski definition) is 4. The highest BCUT2D eigenvalue weighted by Crippen LogP contribution is 2.17. The van der Waals surface area contributed by atoms with Gasteiger partial charge < -0.3 is 10.0 Å². The van der Waals surface area contributed by atoms with Crippen molar-refractivity contribution in [3.8, 4) is 0 Å². The topological polar surface area (TPSA) is 83.4 Å². The number of hydrogen-bond donors (Lipinski definition) is 1. The van der Waals surface area contributed by atoms with Gasteiger partial charge in [-0.25, -0.2) is 14.8 Å². The summed E-state index contributed by atoms with van der Waals surface area (Å²) in [4.78, 5) is 33.3. The average molecular weight is 297 g/mol. The van der Waals surface area contributed by atoms with Crippen molar-refractivity contribution in [1.29, 1.82) is 0 Å². The van der Waals surface area contributed by atoms with E-state index in [-0.39, 0.29) is 17.9 Å². The van der Waals surface area contributed by atoms with E-state index in [1.54, 1.807) is 29.3 Å². The lowest BCUT2D eigenvalue weighted by Crippen LogP contribution is -2.37. The van der Waals surface area contributed by atoms with Gasteiger partial charge in [-0.05, 0) is 29.7 Å². The minimum Gasteiger partial charge on any atom is -0.478 e. The number of nitrogens with zero attached hydrogens (tertiary/aromatic N) is 3. The highest BCUT2D eigenvalue weighted by Gasteiger charge is 2.21. The second-order valence-corrected chi connectivity index (χ2v) is 5.24. The van der Waals surface area contributed by atoms with Crippen LogP contribution in [0.1, 0.15) is 27.2 Å². The summed E-state index contributed by atoms with van der Waals surface area (Å²) in [6.07, 6.45) is 4.22. The van der Waals surface area contributed by atoms with Crippen LogP contribution in [0.15, 0.2) is 36.8 Å². The Morgan fingerprint density at radius 2 is 2.18 bits per heavy atom. The first-order valence-electron chi connectivity index (χ1n) is 7.01. The van der Waals surface area contributed by atoms with Crippen LogP contribution in [-0.4, -0.2) is 38.4 Å². The molecule has 3 rings (SSSR count). The molecule has 0 unspecified atom stereocenters. The first-order valence-corrected chi connectivity index (χ1v) is 7.01. The van der Waals surface area contributed by atoms with Crippen LogP contribution >= 0.6 is 0 Å². The smallest absolute Gasteiger partial charge is 0.335 e. The molecule has 0 atom stereocenters. The molecule has 1 aromatic heterocycles. The van der Waals surface area contributed by atoms with Crippen LogP contribution in [-0.2, 0) is 24.2 Å². The number of aromatic nitrogens is 2. The number of carboxylic acids is 1. The number of amides is 1. The second-order valence-electron chi connectivity index (χ2n) is 5.24. The summed E-state index contributed by atoms with van der Waals surface area (Å²) in [7, 11) is 0. The van der Waals surface area contributed by atoms with E-state index in [4.69, 9.17) is 5.11 Å². The second kappa shape index (κ2) is 5.93. The number of carboxylic acid groups (broad SMARTS) is 1. The van der Waals surface area contributed by atoms with Crippen LogP contribution in [0, 0.1) is 0 Å². The van der Waals surface area contributed by atoms with Gasteiger partial charge in [0.1, 0.15) is 6.33 Å². The normalized spacial score (nSPS) is 13.5. The van der Waals surface area contributed by atoms with Crippen molar-refractivity contribution in [3.63, 3.8) is 0 Å². The summed E-state index contributed by atoms with van der Waals surface area (Å²) in [6.45, 7) is 1.12. The minimum absolute atomic E-state index is 0.0215. The maximum absolute atomic E-state index is 12.4. The lowest BCUT2D eigenvalue weighted by molar-refractivity contribution is -0.131. The predicted molar refractivity (Wildman–Crippen MR) is 78.3 cm³/mol. The molecular weight excluding hydrogens is 282 g/mol. The van der Waals surface area contributed by atoms with Crippen LogP contribution in [0.5, 0.6) is 0 Å². The summed E-state index contributed by atoms with van der Waals surface area (Å²) in [5.41, 5.74) is 2.87. The molecule has 0 saturated heterocycles. The van der Waals surface area contributed by atoms with Crippen molar-refractivity contribution < 1.29 is 14.7 Å². The van der Waals surface area contributed by atoms with Gasteiger partial charge in [0.15, 0.2) is 0 Å². The van der Waals surface area contributed by atoms with Gasteiger partial charge in [0.05, 0.1) is 24.2 Å². The van der Waals surface area contributed by atoms with Crippen LogP contribution < -0.4 is 0 Å². The van der Waals surface area contributed by atoms with Crippen LogP contribution in [0.4, 0.5) is 0 Å². The third-order valence-electron chi connectivity index (χ3n) is 3.75. The maximum atomic E-state index is 12.4. The largest absolute Gasteiger partial charge is 0.478 e. The number of fused-ring (bicyclic) bond motifs is 1. The highest BCUT2D eigenvalue weighted by atomic mass is 16.4. The molecule has 1 N–H and O–H groups in total. The number of aromatic carboxylic acids is 1. The molecule has 6 nitrogen and oxygen atoms in total. The molecule has 0 aliphatic carbocycles. The molecule has 0 bridgehead atoms. The Kier molecular flexibility index (Phi) is 3.82. The van der Waals surface area contributed by atoms with E-state index in [0.717, 1.165) is 17.7 Å². The molecule has 0 saturated carbocycles.